The molecule has 1 aromatic heterocycles. The van der Waals surface area contributed by atoms with E-state index in [0.717, 1.165) is 29.6 Å². The maximum Gasteiger partial charge on any atom is 0.0629 e. The van der Waals surface area contributed by atoms with Gasteiger partial charge in [0.1, 0.15) is 0 Å². The van der Waals surface area contributed by atoms with Gasteiger partial charge in [0.2, 0.25) is 0 Å². The summed E-state index contributed by atoms with van der Waals surface area (Å²) < 4.78 is 6.54. The summed E-state index contributed by atoms with van der Waals surface area (Å²) in [6, 6.07) is 3.97. The number of hydrogen-bond donors (Lipinski definition) is 1. The van der Waals surface area contributed by atoms with Crippen molar-refractivity contribution in [2.75, 3.05) is 13.2 Å². The van der Waals surface area contributed by atoms with Gasteiger partial charge in [0, 0.05) is 34.8 Å². The third-order valence-corrected chi connectivity index (χ3v) is 3.94. The zero-order valence-electron chi connectivity index (χ0n) is 9.32. The summed E-state index contributed by atoms with van der Waals surface area (Å²) in [4.78, 5) is 4.36. The quantitative estimate of drug-likeness (QED) is 0.926. The van der Waals surface area contributed by atoms with E-state index in [4.69, 9.17) is 4.74 Å². The molecule has 88 valence electrons. The van der Waals surface area contributed by atoms with E-state index in [1.165, 1.54) is 0 Å². The predicted molar refractivity (Wildman–Crippen MR) is 65.2 cm³/mol. The van der Waals surface area contributed by atoms with Gasteiger partial charge >= 0.3 is 0 Å². The minimum Gasteiger partial charge on any atom is -0.396 e. The average Bonchev–Trinajstić information content (AvgIpc) is 2.64. The highest BCUT2D eigenvalue weighted by atomic mass is 79.9. The molecule has 16 heavy (non-hydrogen) atoms. The zero-order valence-corrected chi connectivity index (χ0v) is 10.9. The van der Waals surface area contributed by atoms with Gasteiger partial charge in [-0.05, 0) is 41.4 Å². The van der Waals surface area contributed by atoms with Crippen LogP contribution in [-0.4, -0.2) is 29.4 Å². The third-order valence-electron chi connectivity index (χ3n) is 3.47. The van der Waals surface area contributed by atoms with E-state index in [-0.39, 0.29) is 18.1 Å². The predicted octanol–water partition coefficient (Wildman–Crippen LogP) is 2.17. The van der Waals surface area contributed by atoms with Gasteiger partial charge in [0.25, 0.3) is 0 Å². The van der Waals surface area contributed by atoms with E-state index in [1.54, 1.807) is 6.20 Å². The lowest BCUT2D eigenvalue weighted by molar-refractivity contribution is 0.0266. The van der Waals surface area contributed by atoms with Crippen LogP contribution in [0.3, 0.4) is 0 Å². The number of ether oxygens (including phenoxy) is 1. The Morgan fingerprint density at radius 1 is 1.62 bits per heavy atom. The summed E-state index contributed by atoms with van der Waals surface area (Å²) in [7, 11) is 0. The van der Waals surface area contributed by atoms with Crippen LogP contribution in [0.2, 0.25) is 0 Å². The van der Waals surface area contributed by atoms with Crippen LogP contribution in [-0.2, 0) is 11.2 Å². The Kier molecular flexibility index (Phi) is 3.62. The van der Waals surface area contributed by atoms with Gasteiger partial charge in [0.05, 0.1) is 12.7 Å². The summed E-state index contributed by atoms with van der Waals surface area (Å²) >= 11 is 3.36. The van der Waals surface area contributed by atoms with Gasteiger partial charge < -0.3 is 9.84 Å². The van der Waals surface area contributed by atoms with Crippen LogP contribution >= 0.6 is 15.9 Å². The zero-order chi connectivity index (χ0) is 11.6. The number of aliphatic hydroxyl groups excluding tert-OH is 1. The normalized spacial score (nSPS) is 29.6. The van der Waals surface area contributed by atoms with Gasteiger partial charge in [0.15, 0.2) is 0 Å². The molecule has 2 rings (SSSR count). The molecule has 1 aliphatic heterocycles. The van der Waals surface area contributed by atoms with E-state index >= 15 is 0 Å². The molecule has 0 amide bonds. The fourth-order valence-electron chi connectivity index (χ4n) is 2.19. The van der Waals surface area contributed by atoms with Crippen molar-refractivity contribution in [3.8, 4) is 0 Å². The van der Waals surface area contributed by atoms with Crippen molar-refractivity contribution in [1.82, 2.24) is 4.98 Å². The van der Waals surface area contributed by atoms with Crippen molar-refractivity contribution in [3.05, 3.63) is 28.5 Å². The summed E-state index contributed by atoms with van der Waals surface area (Å²) in [6.45, 7) is 2.92. The number of nitrogens with zero attached hydrogens (tertiary/aromatic N) is 1. The Morgan fingerprint density at radius 3 is 2.94 bits per heavy atom. The largest absolute Gasteiger partial charge is 0.396 e. The standard InChI is InChI=1S/C12H16BrNO2/c1-9-12(8-15,4-5-16-9)6-11-3-2-10(13)7-14-11/h2-3,7,9,15H,4-6,8H2,1H3. The maximum absolute atomic E-state index is 9.59. The van der Waals surface area contributed by atoms with Gasteiger partial charge in [-0.2, -0.15) is 0 Å². The molecule has 0 aromatic carbocycles. The first-order valence-electron chi connectivity index (χ1n) is 5.49. The highest BCUT2D eigenvalue weighted by Gasteiger charge is 2.41. The van der Waals surface area contributed by atoms with Gasteiger partial charge in [-0.3, -0.25) is 4.98 Å². The fourth-order valence-corrected chi connectivity index (χ4v) is 2.42. The number of rotatable bonds is 3. The van der Waals surface area contributed by atoms with Gasteiger partial charge in [-0.25, -0.2) is 0 Å². The minimum absolute atomic E-state index is 0.1000. The monoisotopic (exact) mass is 285 g/mol. The molecule has 1 aromatic rings. The second kappa shape index (κ2) is 4.82. The maximum atomic E-state index is 9.59. The highest BCUT2D eigenvalue weighted by molar-refractivity contribution is 9.10. The summed E-state index contributed by atoms with van der Waals surface area (Å²) in [6.07, 6.45) is 3.57. The van der Waals surface area contributed by atoms with Crippen molar-refractivity contribution in [2.24, 2.45) is 5.41 Å². The first-order chi connectivity index (χ1) is 7.66. The molecule has 1 N–H and O–H groups in total. The van der Waals surface area contributed by atoms with E-state index < -0.39 is 0 Å². The molecule has 2 heterocycles. The second-order valence-electron chi connectivity index (χ2n) is 4.43. The molecule has 3 nitrogen and oxygen atoms in total. The Labute approximate surface area is 104 Å². The minimum atomic E-state index is -0.152. The Morgan fingerprint density at radius 2 is 2.44 bits per heavy atom. The number of aliphatic hydroxyl groups is 1. The van der Waals surface area contributed by atoms with Crippen molar-refractivity contribution in [1.29, 1.82) is 0 Å². The fraction of sp³-hybridized carbons (Fsp3) is 0.583. The van der Waals surface area contributed by atoms with Gasteiger partial charge in [-0.15, -0.1) is 0 Å². The van der Waals surface area contributed by atoms with Crippen molar-refractivity contribution >= 4 is 15.9 Å². The molecule has 0 aliphatic carbocycles. The highest BCUT2D eigenvalue weighted by Crippen LogP contribution is 2.37. The lowest BCUT2D eigenvalue weighted by Gasteiger charge is -2.29. The topological polar surface area (TPSA) is 42.4 Å². The first-order valence-corrected chi connectivity index (χ1v) is 6.28. The Bertz CT molecular complexity index is 355. The molecule has 0 saturated carbocycles. The molecule has 0 spiro atoms. The molecule has 1 saturated heterocycles. The lowest BCUT2D eigenvalue weighted by Crippen LogP contribution is -2.35. The van der Waals surface area contributed by atoms with E-state index in [9.17, 15) is 5.11 Å². The summed E-state index contributed by atoms with van der Waals surface area (Å²) in [5, 5.41) is 9.59. The van der Waals surface area contributed by atoms with Crippen molar-refractivity contribution in [2.45, 2.75) is 25.9 Å². The Balaban J connectivity index is 2.15. The summed E-state index contributed by atoms with van der Waals surface area (Å²) in [5.74, 6) is 0. The van der Waals surface area contributed by atoms with Crippen molar-refractivity contribution < 1.29 is 9.84 Å². The molecule has 1 fully saturated rings. The summed E-state index contributed by atoms with van der Waals surface area (Å²) in [5.41, 5.74) is 0.857. The van der Waals surface area contributed by atoms with E-state index in [2.05, 4.69) is 20.9 Å². The van der Waals surface area contributed by atoms with Crippen LogP contribution < -0.4 is 0 Å². The van der Waals surface area contributed by atoms with Crippen LogP contribution in [0.1, 0.15) is 19.0 Å². The molecule has 2 atom stereocenters. The number of pyridine rings is 1. The molecular weight excluding hydrogens is 270 g/mol. The van der Waals surface area contributed by atoms with Crippen LogP contribution in [0.5, 0.6) is 0 Å². The SMILES string of the molecule is CC1OCCC1(CO)Cc1ccc(Br)cn1. The van der Waals surface area contributed by atoms with Crippen LogP contribution in [0.4, 0.5) is 0 Å². The first kappa shape index (κ1) is 12.0. The number of halogens is 1. The Hall–Kier alpha value is -0.450. The second-order valence-corrected chi connectivity index (χ2v) is 5.34. The molecule has 1 aliphatic rings. The molecule has 2 unspecified atom stereocenters. The molecular formula is C12H16BrNO2. The van der Waals surface area contributed by atoms with E-state index in [1.807, 2.05) is 19.1 Å². The number of aromatic nitrogens is 1. The smallest absolute Gasteiger partial charge is 0.0629 e. The number of hydrogen-bond acceptors (Lipinski definition) is 3. The van der Waals surface area contributed by atoms with Crippen LogP contribution in [0.25, 0.3) is 0 Å². The average molecular weight is 286 g/mol. The third kappa shape index (κ3) is 2.29. The van der Waals surface area contributed by atoms with Crippen LogP contribution in [0.15, 0.2) is 22.8 Å². The molecule has 0 radical (unpaired) electrons. The van der Waals surface area contributed by atoms with Gasteiger partial charge in [-0.1, -0.05) is 0 Å². The van der Waals surface area contributed by atoms with Crippen LogP contribution in [0, 0.1) is 5.41 Å². The van der Waals surface area contributed by atoms with Crippen molar-refractivity contribution in [3.63, 3.8) is 0 Å². The van der Waals surface area contributed by atoms with E-state index in [0.29, 0.717) is 0 Å². The lowest BCUT2D eigenvalue weighted by atomic mass is 9.78. The molecule has 0 bridgehead atoms. The molecule has 4 heteroatoms.